The van der Waals surface area contributed by atoms with Gasteiger partial charge in [0.2, 0.25) is 0 Å². The first-order chi connectivity index (χ1) is 14.5. The molecule has 0 saturated heterocycles. The van der Waals surface area contributed by atoms with E-state index >= 15 is 0 Å². The molecule has 4 rings (SSSR count). The van der Waals surface area contributed by atoms with Crippen LogP contribution in [0.2, 0.25) is 0 Å². The van der Waals surface area contributed by atoms with Crippen LogP contribution in [-0.2, 0) is 6.54 Å². The molecule has 0 fully saturated rings. The lowest BCUT2D eigenvalue weighted by atomic mass is 10.1. The standard InChI is InChI=1S/C24H22N4O2/c1-16(2)15-28-24(30)19-12-7-6-11-18(19)22(27-28)23(29)26-20-13-8-14-25-21(20)17-9-4-3-5-10-17/h3-14,16H,15H2,1-2H3,(H,26,29). The lowest BCUT2D eigenvalue weighted by Gasteiger charge is -2.14. The average molecular weight is 398 g/mol. The smallest absolute Gasteiger partial charge is 0.276 e. The van der Waals surface area contributed by atoms with Gasteiger partial charge in [-0.1, -0.05) is 62.4 Å². The minimum absolute atomic E-state index is 0.192. The zero-order valence-electron chi connectivity index (χ0n) is 16.9. The van der Waals surface area contributed by atoms with Crippen molar-refractivity contribution in [1.82, 2.24) is 14.8 Å². The third-order valence-electron chi connectivity index (χ3n) is 4.72. The summed E-state index contributed by atoms with van der Waals surface area (Å²) >= 11 is 0. The zero-order valence-corrected chi connectivity index (χ0v) is 16.9. The third-order valence-corrected chi connectivity index (χ3v) is 4.72. The lowest BCUT2D eigenvalue weighted by molar-refractivity contribution is 0.102. The largest absolute Gasteiger partial charge is 0.319 e. The van der Waals surface area contributed by atoms with E-state index in [1.807, 2.05) is 44.2 Å². The number of benzene rings is 2. The number of hydrogen-bond acceptors (Lipinski definition) is 4. The van der Waals surface area contributed by atoms with Crippen LogP contribution in [0, 0.1) is 5.92 Å². The van der Waals surface area contributed by atoms with Crippen LogP contribution in [0.3, 0.4) is 0 Å². The number of anilines is 1. The van der Waals surface area contributed by atoms with Crippen molar-refractivity contribution in [2.24, 2.45) is 5.92 Å². The maximum atomic E-state index is 13.2. The van der Waals surface area contributed by atoms with E-state index in [4.69, 9.17) is 0 Å². The van der Waals surface area contributed by atoms with Gasteiger partial charge in [-0.25, -0.2) is 4.68 Å². The second-order valence-corrected chi connectivity index (χ2v) is 7.50. The quantitative estimate of drug-likeness (QED) is 0.542. The van der Waals surface area contributed by atoms with Gasteiger partial charge in [0, 0.05) is 23.7 Å². The van der Waals surface area contributed by atoms with Gasteiger partial charge < -0.3 is 5.32 Å². The maximum absolute atomic E-state index is 13.2. The van der Waals surface area contributed by atoms with Gasteiger partial charge in [-0.15, -0.1) is 0 Å². The lowest BCUT2D eigenvalue weighted by Crippen LogP contribution is -2.29. The fraction of sp³-hybridized carbons (Fsp3) is 0.167. The van der Waals surface area contributed by atoms with E-state index in [9.17, 15) is 9.59 Å². The molecule has 2 aromatic heterocycles. The molecular formula is C24H22N4O2. The molecule has 6 heteroatoms. The van der Waals surface area contributed by atoms with E-state index in [2.05, 4.69) is 15.4 Å². The summed E-state index contributed by atoms with van der Waals surface area (Å²) < 4.78 is 1.38. The number of aromatic nitrogens is 3. The Morgan fingerprint density at radius 1 is 0.967 bits per heavy atom. The SMILES string of the molecule is CC(C)Cn1nc(C(=O)Nc2cccnc2-c2ccccc2)c2ccccc2c1=O. The number of hydrogen-bond donors (Lipinski definition) is 1. The molecule has 1 amide bonds. The van der Waals surface area contributed by atoms with Crippen molar-refractivity contribution in [3.8, 4) is 11.3 Å². The van der Waals surface area contributed by atoms with Crippen molar-refractivity contribution in [2.75, 3.05) is 5.32 Å². The van der Waals surface area contributed by atoms with Gasteiger partial charge in [0.05, 0.1) is 16.8 Å². The van der Waals surface area contributed by atoms with Crippen LogP contribution < -0.4 is 10.9 Å². The molecule has 1 N–H and O–H groups in total. The fourth-order valence-corrected chi connectivity index (χ4v) is 3.39. The molecule has 2 heterocycles. The number of nitrogens with zero attached hydrogens (tertiary/aromatic N) is 3. The van der Waals surface area contributed by atoms with Gasteiger partial charge in [-0.3, -0.25) is 14.6 Å². The zero-order chi connectivity index (χ0) is 21.1. The van der Waals surface area contributed by atoms with E-state index in [1.54, 1.807) is 42.6 Å². The summed E-state index contributed by atoms with van der Waals surface area (Å²) in [5, 5.41) is 8.36. The first kappa shape index (κ1) is 19.5. The molecule has 0 radical (unpaired) electrons. The van der Waals surface area contributed by atoms with Crippen LogP contribution in [-0.4, -0.2) is 20.7 Å². The Morgan fingerprint density at radius 2 is 1.67 bits per heavy atom. The molecule has 6 nitrogen and oxygen atoms in total. The van der Waals surface area contributed by atoms with Gasteiger partial charge >= 0.3 is 0 Å². The second kappa shape index (κ2) is 8.29. The summed E-state index contributed by atoms with van der Waals surface area (Å²) in [5.74, 6) is -0.163. The van der Waals surface area contributed by atoms with Crippen LogP contribution in [0.25, 0.3) is 22.0 Å². The Labute approximate surface area is 174 Å². The topological polar surface area (TPSA) is 76.9 Å². The molecule has 0 aliphatic heterocycles. The summed E-state index contributed by atoms with van der Waals surface area (Å²) in [4.78, 5) is 30.5. The normalized spacial score (nSPS) is 11.0. The summed E-state index contributed by atoms with van der Waals surface area (Å²) in [6.45, 7) is 4.45. The molecule has 0 spiro atoms. The van der Waals surface area contributed by atoms with Crippen LogP contribution in [0.5, 0.6) is 0 Å². The van der Waals surface area contributed by atoms with E-state index in [1.165, 1.54) is 4.68 Å². The predicted molar refractivity (Wildman–Crippen MR) is 118 cm³/mol. The van der Waals surface area contributed by atoms with E-state index in [0.29, 0.717) is 28.7 Å². The van der Waals surface area contributed by atoms with Gasteiger partial charge in [-0.05, 0) is 24.1 Å². The van der Waals surface area contributed by atoms with Crippen LogP contribution >= 0.6 is 0 Å². The summed E-state index contributed by atoms with van der Waals surface area (Å²) in [6.07, 6.45) is 1.69. The molecule has 4 aromatic rings. The Hall–Kier alpha value is -3.80. The summed E-state index contributed by atoms with van der Waals surface area (Å²) in [6, 6.07) is 20.3. The number of carbonyl (C=O) groups is 1. The highest BCUT2D eigenvalue weighted by Crippen LogP contribution is 2.26. The van der Waals surface area contributed by atoms with E-state index in [0.717, 1.165) is 5.56 Å². The number of carbonyl (C=O) groups excluding carboxylic acids is 1. The van der Waals surface area contributed by atoms with Gasteiger partial charge in [0.25, 0.3) is 11.5 Å². The molecule has 0 aliphatic rings. The number of rotatable bonds is 5. The molecule has 2 aromatic carbocycles. The Bertz CT molecular complexity index is 1260. The Morgan fingerprint density at radius 3 is 2.40 bits per heavy atom. The van der Waals surface area contributed by atoms with E-state index in [-0.39, 0.29) is 23.1 Å². The van der Waals surface area contributed by atoms with E-state index < -0.39 is 0 Å². The minimum atomic E-state index is -0.381. The first-order valence-corrected chi connectivity index (χ1v) is 9.86. The van der Waals surface area contributed by atoms with Crippen molar-refractivity contribution < 1.29 is 4.79 Å². The average Bonchev–Trinajstić information content (AvgIpc) is 2.76. The van der Waals surface area contributed by atoms with Crippen molar-refractivity contribution in [3.05, 3.63) is 89.0 Å². The van der Waals surface area contributed by atoms with Crippen LogP contribution in [0.1, 0.15) is 24.3 Å². The van der Waals surface area contributed by atoms with Crippen molar-refractivity contribution in [1.29, 1.82) is 0 Å². The number of nitrogens with one attached hydrogen (secondary N) is 1. The summed E-state index contributed by atoms with van der Waals surface area (Å²) in [5.41, 5.74) is 2.18. The Kier molecular flexibility index (Phi) is 5.39. The number of fused-ring (bicyclic) bond motifs is 1. The Balaban J connectivity index is 1.79. The number of pyridine rings is 1. The highest BCUT2D eigenvalue weighted by atomic mass is 16.2. The second-order valence-electron chi connectivity index (χ2n) is 7.50. The molecular weight excluding hydrogens is 376 g/mol. The first-order valence-electron chi connectivity index (χ1n) is 9.86. The highest BCUT2D eigenvalue weighted by molar-refractivity contribution is 6.12. The summed E-state index contributed by atoms with van der Waals surface area (Å²) in [7, 11) is 0. The predicted octanol–water partition coefficient (Wildman–Crippen LogP) is 4.37. The highest BCUT2D eigenvalue weighted by Gasteiger charge is 2.18. The van der Waals surface area contributed by atoms with Crippen LogP contribution in [0.4, 0.5) is 5.69 Å². The van der Waals surface area contributed by atoms with Gasteiger partial charge in [0.1, 0.15) is 0 Å². The minimum Gasteiger partial charge on any atom is -0.319 e. The van der Waals surface area contributed by atoms with Crippen LogP contribution in [0.15, 0.2) is 77.7 Å². The molecule has 150 valence electrons. The molecule has 0 aliphatic carbocycles. The molecule has 0 atom stereocenters. The van der Waals surface area contributed by atoms with Gasteiger partial charge in [-0.2, -0.15) is 5.10 Å². The monoisotopic (exact) mass is 398 g/mol. The molecule has 0 unspecified atom stereocenters. The fourth-order valence-electron chi connectivity index (χ4n) is 3.39. The van der Waals surface area contributed by atoms with Crippen molar-refractivity contribution >= 4 is 22.4 Å². The van der Waals surface area contributed by atoms with Gasteiger partial charge in [0.15, 0.2) is 5.69 Å². The third kappa shape index (κ3) is 3.85. The number of amides is 1. The van der Waals surface area contributed by atoms with Crippen molar-refractivity contribution in [2.45, 2.75) is 20.4 Å². The molecule has 0 saturated carbocycles. The maximum Gasteiger partial charge on any atom is 0.276 e. The molecule has 0 bridgehead atoms. The molecule has 30 heavy (non-hydrogen) atoms. The van der Waals surface area contributed by atoms with Crippen molar-refractivity contribution in [3.63, 3.8) is 0 Å².